The van der Waals surface area contributed by atoms with Gasteiger partial charge >= 0.3 is 12.1 Å². The molecule has 1 amide bonds. The Morgan fingerprint density at radius 2 is 1.81 bits per heavy atom. The van der Waals surface area contributed by atoms with Crippen molar-refractivity contribution in [2.24, 2.45) is 0 Å². The second kappa shape index (κ2) is 8.33. The second-order valence-corrected chi connectivity index (χ2v) is 5.99. The lowest BCUT2D eigenvalue weighted by Gasteiger charge is -2.31. The maximum Gasteiger partial charge on any atom is 0.411 e. The molecule has 2 aromatic carbocycles. The summed E-state index contributed by atoms with van der Waals surface area (Å²) in [5, 5.41) is 18.9. The molecule has 2 aromatic rings. The molecule has 26 heavy (non-hydrogen) atoms. The van der Waals surface area contributed by atoms with Gasteiger partial charge in [0.2, 0.25) is 0 Å². The number of hydrogen-bond donors (Lipinski definition) is 2. The maximum absolute atomic E-state index is 13.7. The first kappa shape index (κ1) is 19.2. The number of phenols is 1. The third-order valence-corrected chi connectivity index (χ3v) is 3.77. The molecule has 2 N–H and O–H groups in total. The van der Waals surface area contributed by atoms with Crippen LogP contribution in [-0.4, -0.2) is 33.2 Å². The third kappa shape index (κ3) is 4.50. The summed E-state index contributed by atoms with van der Waals surface area (Å²) in [6.07, 6.45) is -0.829. The molecule has 6 nitrogen and oxygen atoms in total. The lowest BCUT2D eigenvalue weighted by Crippen LogP contribution is -2.43. The van der Waals surface area contributed by atoms with E-state index in [0.29, 0.717) is 0 Å². The van der Waals surface area contributed by atoms with E-state index in [4.69, 9.17) is 4.74 Å². The van der Waals surface area contributed by atoms with Crippen molar-refractivity contribution in [1.29, 1.82) is 0 Å². The summed E-state index contributed by atoms with van der Waals surface area (Å²) < 4.78 is 18.9. The summed E-state index contributed by atoms with van der Waals surface area (Å²) in [5.74, 6) is -2.89. The van der Waals surface area contributed by atoms with Gasteiger partial charge in [-0.2, -0.15) is 0 Å². The molecule has 2 rings (SSSR count). The van der Waals surface area contributed by atoms with Crippen LogP contribution in [0, 0.1) is 5.82 Å². The monoisotopic (exact) mass is 361 g/mol. The van der Waals surface area contributed by atoms with Crippen molar-refractivity contribution in [2.45, 2.75) is 32.5 Å². The predicted octanol–water partition coefficient (Wildman–Crippen LogP) is 3.70. The summed E-state index contributed by atoms with van der Waals surface area (Å²) in [6, 6.07) is 10.2. The molecular weight excluding hydrogens is 341 g/mol. The Morgan fingerprint density at radius 1 is 1.15 bits per heavy atom. The SMILES string of the molecule is CC(C)N(C(=O)OCc1ccccc1)C(C(=O)O)c1ccc(O)c(F)c1. The fourth-order valence-corrected chi connectivity index (χ4v) is 2.52. The van der Waals surface area contributed by atoms with Gasteiger partial charge in [-0.15, -0.1) is 0 Å². The highest BCUT2D eigenvalue weighted by Crippen LogP contribution is 2.28. The molecule has 0 spiro atoms. The number of hydrogen-bond acceptors (Lipinski definition) is 4. The number of halogens is 1. The number of aliphatic carboxylic acids is 1. The molecule has 0 saturated heterocycles. The Labute approximate surface area is 150 Å². The quantitative estimate of drug-likeness (QED) is 0.819. The number of aromatic hydroxyl groups is 1. The van der Waals surface area contributed by atoms with Crippen LogP contribution in [0.3, 0.4) is 0 Å². The lowest BCUT2D eigenvalue weighted by atomic mass is 10.0. The number of rotatable bonds is 6. The first-order valence-corrected chi connectivity index (χ1v) is 8.01. The van der Waals surface area contributed by atoms with E-state index in [0.717, 1.165) is 22.6 Å². The van der Waals surface area contributed by atoms with Crippen molar-refractivity contribution >= 4 is 12.1 Å². The average molecular weight is 361 g/mol. The number of ether oxygens (including phenoxy) is 1. The van der Waals surface area contributed by atoms with E-state index in [9.17, 15) is 24.2 Å². The summed E-state index contributed by atoms with van der Waals surface area (Å²) in [5.41, 5.74) is 0.783. The van der Waals surface area contributed by atoms with Crippen molar-refractivity contribution in [3.05, 3.63) is 65.5 Å². The van der Waals surface area contributed by atoms with Gasteiger partial charge in [0.05, 0.1) is 0 Å². The van der Waals surface area contributed by atoms with Gasteiger partial charge < -0.3 is 14.9 Å². The number of nitrogens with zero attached hydrogens (tertiary/aromatic N) is 1. The van der Waals surface area contributed by atoms with Crippen molar-refractivity contribution in [2.75, 3.05) is 0 Å². The van der Waals surface area contributed by atoms with Crippen molar-refractivity contribution < 1.29 is 28.9 Å². The van der Waals surface area contributed by atoms with E-state index < -0.39 is 35.7 Å². The molecule has 1 unspecified atom stereocenters. The highest BCUT2D eigenvalue weighted by Gasteiger charge is 2.34. The Hall–Kier alpha value is -3.09. The van der Waals surface area contributed by atoms with Crippen LogP contribution in [0.25, 0.3) is 0 Å². The zero-order chi connectivity index (χ0) is 19.3. The Balaban J connectivity index is 2.27. The first-order valence-electron chi connectivity index (χ1n) is 8.01. The molecule has 138 valence electrons. The molecule has 1 atom stereocenters. The zero-order valence-electron chi connectivity index (χ0n) is 14.4. The smallest absolute Gasteiger partial charge is 0.411 e. The lowest BCUT2D eigenvalue weighted by molar-refractivity contribution is -0.143. The molecule has 0 aliphatic rings. The van der Waals surface area contributed by atoms with Crippen molar-refractivity contribution in [3.63, 3.8) is 0 Å². The zero-order valence-corrected chi connectivity index (χ0v) is 14.4. The standard InChI is InChI=1S/C19H20FNO5/c1-12(2)21(19(25)26-11-13-6-4-3-5-7-13)17(18(23)24)14-8-9-16(22)15(20)10-14/h3-10,12,17,22H,11H2,1-2H3,(H,23,24). The predicted molar refractivity (Wildman–Crippen MR) is 92.0 cm³/mol. The van der Waals surface area contributed by atoms with Crippen LogP contribution in [0.4, 0.5) is 9.18 Å². The minimum Gasteiger partial charge on any atom is -0.505 e. The van der Waals surface area contributed by atoms with Gasteiger partial charge in [0, 0.05) is 6.04 Å². The number of carbonyl (C=O) groups is 2. The molecule has 0 fully saturated rings. The highest BCUT2D eigenvalue weighted by atomic mass is 19.1. The minimum absolute atomic E-state index is 0.0147. The summed E-state index contributed by atoms with van der Waals surface area (Å²) >= 11 is 0. The topological polar surface area (TPSA) is 87.1 Å². The van der Waals surface area contributed by atoms with E-state index in [-0.39, 0.29) is 12.2 Å². The molecular formula is C19H20FNO5. The maximum atomic E-state index is 13.7. The highest BCUT2D eigenvalue weighted by molar-refractivity contribution is 5.81. The van der Waals surface area contributed by atoms with Gasteiger partial charge in [0.25, 0.3) is 0 Å². The van der Waals surface area contributed by atoms with Crippen molar-refractivity contribution in [3.8, 4) is 5.75 Å². The van der Waals surface area contributed by atoms with Crippen LogP contribution in [-0.2, 0) is 16.1 Å². The number of phenolic OH excluding ortho intramolecular Hbond substituents is 1. The number of carboxylic acid groups (broad SMARTS) is 1. The van der Waals surface area contributed by atoms with Crippen LogP contribution in [0.15, 0.2) is 48.5 Å². The molecule has 0 bridgehead atoms. The van der Waals surface area contributed by atoms with Crippen LogP contribution in [0.2, 0.25) is 0 Å². The van der Waals surface area contributed by atoms with Gasteiger partial charge in [0.15, 0.2) is 17.6 Å². The van der Waals surface area contributed by atoms with E-state index in [2.05, 4.69) is 0 Å². The number of carboxylic acids is 1. The summed E-state index contributed by atoms with van der Waals surface area (Å²) in [7, 11) is 0. The Kier molecular flexibility index (Phi) is 6.16. The largest absolute Gasteiger partial charge is 0.505 e. The van der Waals surface area contributed by atoms with E-state index in [1.54, 1.807) is 38.1 Å². The third-order valence-electron chi connectivity index (χ3n) is 3.77. The van der Waals surface area contributed by atoms with Crippen LogP contribution in [0.1, 0.15) is 31.0 Å². The molecule has 7 heteroatoms. The van der Waals surface area contributed by atoms with Crippen LogP contribution >= 0.6 is 0 Å². The molecule has 0 aliphatic carbocycles. The number of amides is 1. The first-order chi connectivity index (χ1) is 12.3. The van der Waals surface area contributed by atoms with Gasteiger partial charge in [-0.05, 0) is 37.1 Å². The summed E-state index contributed by atoms with van der Waals surface area (Å²) in [4.78, 5) is 25.3. The summed E-state index contributed by atoms with van der Waals surface area (Å²) in [6.45, 7) is 3.26. The van der Waals surface area contributed by atoms with Crippen molar-refractivity contribution in [1.82, 2.24) is 4.90 Å². The molecule has 0 saturated carbocycles. The second-order valence-electron chi connectivity index (χ2n) is 5.99. The van der Waals surface area contributed by atoms with Gasteiger partial charge in [-0.3, -0.25) is 4.90 Å². The van der Waals surface area contributed by atoms with Gasteiger partial charge in [-0.25, -0.2) is 14.0 Å². The molecule has 0 aliphatic heterocycles. The van der Waals surface area contributed by atoms with E-state index in [1.807, 2.05) is 6.07 Å². The normalized spacial score (nSPS) is 11.8. The minimum atomic E-state index is -1.45. The Bertz CT molecular complexity index is 779. The number of benzene rings is 2. The molecule has 0 aromatic heterocycles. The number of carbonyl (C=O) groups excluding carboxylic acids is 1. The van der Waals surface area contributed by atoms with Gasteiger partial charge in [0.1, 0.15) is 6.61 Å². The fourth-order valence-electron chi connectivity index (χ4n) is 2.52. The average Bonchev–Trinajstić information content (AvgIpc) is 2.60. The van der Waals surface area contributed by atoms with E-state index in [1.165, 1.54) is 6.07 Å². The van der Waals surface area contributed by atoms with Crippen LogP contribution in [0.5, 0.6) is 5.75 Å². The Morgan fingerprint density at radius 3 is 2.35 bits per heavy atom. The van der Waals surface area contributed by atoms with E-state index >= 15 is 0 Å². The van der Waals surface area contributed by atoms with Gasteiger partial charge in [-0.1, -0.05) is 36.4 Å². The molecule has 0 heterocycles. The fraction of sp³-hybridized carbons (Fsp3) is 0.263. The molecule has 0 radical (unpaired) electrons. The van der Waals surface area contributed by atoms with Crippen LogP contribution < -0.4 is 0 Å².